The molecule has 2 N–H and O–H groups in total. The number of rotatable bonds is 6. The summed E-state index contributed by atoms with van der Waals surface area (Å²) in [5.74, 6) is -2.11. The van der Waals surface area contributed by atoms with Crippen LogP contribution in [0.4, 0.5) is 10.1 Å². The lowest BCUT2D eigenvalue weighted by Crippen LogP contribution is -2.52. The number of carbonyl (C=O) groups excluding carboxylic acids is 3. The molecule has 170 valence electrons. The minimum absolute atomic E-state index is 0.0635. The van der Waals surface area contributed by atoms with Crippen LogP contribution in [0, 0.1) is 5.82 Å². The molecule has 0 bridgehead atoms. The number of halogens is 1. The molecule has 1 atom stereocenters. The fourth-order valence-electron chi connectivity index (χ4n) is 4.70. The summed E-state index contributed by atoms with van der Waals surface area (Å²) < 4.78 is 18.7. The summed E-state index contributed by atoms with van der Waals surface area (Å²) in [6.07, 6.45) is 8.64. The number of nitrogens with one attached hydrogen (secondary N) is 2. The quantitative estimate of drug-likeness (QED) is 0.665. The zero-order valence-corrected chi connectivity index (χ0v) is 17.9. The average molecular weight is 442 g/mol. The Bertz CT molecular complexity index is 933. The Morgan fingerprint density at radius 3 is 2.25 bits per heavy atom. The van der Waals surface area contributed by atoms with E-state index in [-0.39, 0.29) is 18.0 Å². The lowest BCUT2D eigenvalue weighted by atomic mass is 10.1. The van der Waals surface area contributed by atoms with Gasteiger partial charge in [-0.25, -0.2) is 4.39 Å². The van der Waals surface area contributed by atoms with Crippen LogP contribution in [0.25, 0.3) is 0 Å². The maximum Gasteiger partial charge on any atom is 0.313 e. The van der Waals surface area contributed by atoms with Gasteiger partial charge in [-0.05, 0) is 62.1 Å². The second kappa shape index (κ2) is 9.97. The third kappa shape index (κ3) is 5.00. The van der Waals surface area contributed by atoms with Gasteiger partial charge in [0.1, 0.15) is 11.6 Å². The maximum atomic E-state index is 13.4. The van der Waals surface area contributed by atoms with Crippen molar-refractivity contribution in [3.8, 4) is 0 Å². The summed E-state index contributed by atoms with van der Waals surface area (Å²) in [6.45, 7) is 0. The van der Waals surface area contributed by atoms with Gasteiger partial charge in [0, 0.05) is 17.8 Å². The maximum absolute atomic E-state index is 13.4. The van der Waals surface area contributed by atoms with Crippen molar-refractivity contribution in [2.24, 2.45) is 0 Å². The summed E-state index contributed by atoms with van der Waals surface area (Å²) in [6, 6.07) is 7.30. The van der Waals surface area contributed by atoms with Crippen molar-refractivity contribution in [1.29, 1.82) is 0 Å². The Labute approximate surface area is 186 Å². The molecule has 0 spiro atoms. The minimum Gasteiger partial charge on any atom is -0.467 e. The number of hydrogen-bond acceptors (Lipinski definition) is 4. The van der Waals surface area contributed by atoms with Crippen LogP contribution >= 0.6 is 0 Å². The molecule has 0 saturated heterocycles. The van der Waals surface area contributed by atoms with Crippen molar-refractivity contribution >= 4 is 23.4 Å². The molecular weight excluding hydrogens is 413 g/mol. The van der Waals surface area contributed by atoms with E-state index in [4.69, 9.17) is 4.42 Å². The Morgan fingerprint density at radius 2 is 1.62 bits per heavy atom. The Balaban J connectivity index is 1.60. The van der Waals surface area contributed by atoms with Gasteiger partial charge in [-0.2, -0.15) is 0 Å². The van der Waals surface area contributed by atoms with E-state index in [1.165, 1.54) is 35.4 Å². The number of furan rings is 1. The van der Waals surface area contributed by atoms with Gasteiger partial charge in [0.15, 0.2) is 6.04 Å². The molecule has 2 aromatic rings. The predicted octanol–water partition coefficient (Wildman–Crippen LogP) is 3.93. The predicted molar refractivity (Wildman–Crippen MR) is 116 cm³/mol. The SMILES string of the molecule is O=C(Nc1ccc(F)cc1)C(=O)N(C1CCCC1)C(C(=O)NC1CCCC1)c1ccco1. The van der Waals surface area contributed by atoms with Crippen molar-refractivity contribution in [3.05, 3.63) is 54.2 Å². The van der Waals surface area contributed by atoms with Gasteiger partial charge in [0.2, 0.25) is 0 Å². The number of anilines is 1. The number of carbonyl (C=O) groups is 3. The molecule has 0 radical (unpaired) electrons. The zero-order valence-electron chi connectivity index (χ0n) is 17.9. The molecule has 1 unspecified atom stereocenters. The highest BCUT2D eigenvalue weighted by Gasteiger charge is 2.42. The van der Waals surface area contributed by atoms with Crippen LogP contribution in [0.5, 0.6) is 0 Å². The average Bonchev–Trinajstić information content (AvgIpc) is 3.56. The van der Waals surface area contributed by atoms with E-state index in [0.29, 0.717) is 24.3 Å². The molecule has 2 aliphatic carbocycles. The van der Waals surface area contributed by atoms with Crippen LogP contribution < -0.4 is 10.6 Å². The first-order chi connectivity index (χ1) is 15.5. The molecule has 0 aliphatic heterocycles. The molecule has 7 nitrogen and oxygen atoms in total. The highest BCUT2D eigenvalue weighted by atomic mass is 19.1. The summed E-state index contributed by atoms with van der Waals surface area (Å²) in [5, 5.41) is 5.58. The first-order valence-corrected chi connectivity index (χ1v) is 11.3. The largest absolute Gasteiger partial charge is 0.467 e. The van der Waals surface area contributed by atoms with E-state index < -0.39 is 23.7 Å². The second-order valence-corrected chi connectivity index (χ2v) is 8.52. The van der Waals surface area contributed by atoms with Gasteiger partial charge in [0.05, 0.1) is 6.26 Å². The van der Waals surface area contributed by atoms with Gasteiger partial charge in [-0.15, -0.1) is 0 Å². The Hall–Kier alpha value is -3.16. The molecule has 2 aliphatic rings. The van der Waals surface area contributed by atoms with Crippen molar-refractivity contribution in [3.63, 3.8) is 0 Å². The number of amides is 3. The lowest BCUT2D eigenvalue weighted by molar-refractivity contribution is -0.150. The molecule has 2 saturated carbocycles. The van der Waals surface area contributed by atoms with Gasteiger partial charge in [-0.1, -0.05) is 25.7 Å². The Morgan fingerprint density at radius 1 is 0.969 bits per heavy atom. The highest BCUT2D eigenvalue weighted by Crippen LogP contribution is 2.33. The van der Waals surface area contributed by atoms with Crippen molar-refractivity contribution in [2.75, 3.05) is 5.32 Å². The minimum atomic E-state index is -1.03. The first kappa shape index (κ1) is 22.0. The fraction of sp³-hybridized carbons (Fsp3) is 0.458. The monoisotopic (exact) mass is 441 g/mol. The highest BCUT2D eigenvalue weighted by molar-refractivity contribution is 6.40. The van der Waals surface area contributed by atoms with E-state index in [2.05, 4.69) is 10.6 Å². The molecule has 1 aromatic carbocycles. The standard InChI is InChI=1S/C24H28FN3O4/c25-16-11-13-18(14-12-16)27-23(30)24(31)28(19-8-3-4-9-19)21(20-10-5-15-32-20)22(29)26-17-6-1-2-7-17/h5,10-15,17,19,21H,1-4,6-9H2,(H,26,29)(H,27,30). The van der Waals surface area contributed by atoms with E-state index in [1.807, 2.05) is 0 Å². The molecule has 32 heavy (non-hydrogen) atoms. The fourth-order valence-corrected chi connectivity index (χ4v) is 4.70. The topological polar surface area (TPSA) is 91.7 Å². The van der Waals surface area contributed by atoms with Gasteiger partial charge in [-0.3, -0.25) is 14.4 Å². The summed E-state index contributed by atoms with van der Waals surface area (Å²) >= 11 is 0. The van der Waals surface area contributed by atoms with Crippen LogP contribution in [0.1, 0.15) is 63.2 Å². The van der Waals surface area contributed by atoms with Crippen molar-refractivity contribution in [1.82, 2.24) is 10.2 Å². The van der Waals surface area contributed by atoms with Crippen LogP contribution in [-0.4, -0.2) is 34.7 Å². The summed E-state index contributed by atoms with van der Waals surface area (Å²) in [7, 11) is 0. The normalized spacial score (nSPS) is 17.8. The molecule has 4 rings (SSSR count). The summed E-state index contributed by atoms with van der Waals surface area (Å²) in [4.78, 5) is 41.0. The van der Waals surface area contributed by atoms with Crippen LogP contribution in [-0.2, 0) is 14.4 Å². The van der Waals surface area contributed by atoms with E-state index in [9.17, 15) is 18.8 Å². The first-order valence-electron chi connectivity index (χ1n) is 11.3. The van der Waals surface area contributed by atoms with Gasteiger partial charge < -0.3 is 20.0 Å². The van der Waals surface area contributed by atoms with Gasteiger partial charge >= 0.3 is 11.8 Å². The zero-order chi connectivity index (χ0) is 22.5. The number of nitrogens with zero attached hydrogens (tertiary/aromatic N) is 1. The van der Waals surface area contributed by atoms with Crippen LogP contribution in [0.15, 0.2) is 47.1 Å². The van der Waals surface area contributed by atoms with Crippen LogP contribution in [0.3, 0.4) is 0 Å². The molecule has 1 aromatic heterocycles. The molecule has 2 fully saturated rings. The van der Waals surface area contributed by atoms with E-state index >= 15 is 0 Å². The lowest BCUT2D eigenvalue weighted by Gasteiger charge is -2.34. The third-order valence-corrected chi connectivity index (χ3v) is 6.29. The number of hydrogen-bond donors (Lipinski definition) is 2. The smallest absolute Gasteiger partial charge is 0.313 e. The van der Waals surface area contributed by atoms with Crippen molar-refractivity contribution in [2.45, 2.75) is 69.5 Å². The van der Waals surface area contributed by atoms with E-state index in [0.717, 1.165) is 38.5 Å². The van der Waals surface area contributed by atoms with Crippen molar-refractivity contribution < 1.29 is 23.2 Å². The Kier molecular flexibility index (Phi) is 6.87. The second-order valence-electron chi connectivity index (χ2n) is 8.52. The van der Waals surface area contributed by atoms with Gasteiger partial charge in [0.25, 0.3) is 5.91 Å². The molecule has 8 heteroatoms. The molecule has 1 heterocycles. The van der Waals surface area contributed by atoms with Crippen LogP contribution in [0.2, 0.25) is 0 Å². The molecule has 3 amide bonds. The third-order valence-electron chi connectivity index (χ3n) is 6.29. The number of benzene rings is 1. The summed E-state index contributed by atoms with van der Waals surface area (Å²) in [5.41, 5.74) is 0.307. The molecular formula is C24H28FN3O4. The van der Waals surface area contributed by atoms with E-state index in [1.54, 1.807) is 12.1 Å².